The lowest BCUT2D eigenvalue weighted by Crippen LogP contribution is -2.31. The van der Waals surface area contributed by atoms with Crippen LogP contribution in [0.4, 0.5) is 8.78 Å². The molecule has 1 aliphatic rings. The average Bonchev–Trinajstić information content (AvgIpc) is 2.41. The molecule has 0 aromatic heterocycles. The third kappa shape index (κ3) is 2.56. The highest BCUT2D eigenvalue weighted by Crippen LogP contribution is 2.39. The molecule has 3 heteroatoms. The van der Waals surface area contributed by atoms with Gasteiger partial charge in [0, 0.05) is 11.6 Å². The topological polar surface area (TPSA) is 26.0 Å². The SMILES string of the molecule is CCC1CCCCC1C(N)c1cccc(F)c1F. The zero-order chi connectivity index (χ0) is 13.1. The lowest BCUT2D eigenvalue weighted by molar-refractivity contribution is 0.194. The van der Waals surface area contributed by atoms with Crippen LogP contribution in [0.1, 0.15) is 50.6 Å². The van der Waals surface area contributed by atoms with Crippen LogP contribution in [0.2, 0.25) is 0 Å². The second-order valence-electron chi connectivity index (χ2n) is 5.29. The van der Waals surface area contributed by atoms with Gasteiger partial charge in [-0.05, 0) is 24.3 Å². The van der Waals surface area contributed by atoms with Crippen LogP contribution in [-0.4, -0.2) is 0 Å². The highest BCUT2D eigenvalue weighted by Gasteiger charge is 2.31. The summed E-state index contributed by atoms with van der Waals surface area (Å²) in [5.41, 5.74) is 6.53. The van der Waals surface area contributed by atoms with Crippen LogP contribution in [0.15, 0.2) is 18.2 Å². The Morgan fingerprint density at radius 3 is 2.72 bits per heavy atom. The molecule has 0 spiro atoms. The molecule has 3 unspecified atom stereocenters. The molecule has 0 radical (unpaired) electrons. The van der Waals surface area contributed by atoms with Gasteiger partial charge in [0.1, 0.15) is 0 Å². The van der Waals surface area contributed by atoms with E-state index in [0.717, 1.165) is 31.7 Å². The maximum Gasteiger partial charge on any atom is 0.163 e. The summed E-state index contributed by atoms with van der Waals surface area (Å²) in [6.07, 6.45) is 5.62. The number of halogens is 2. The van der Waals surface area contributed by atoms with E-state index in [-0.39, 0.29) is 12.0 Å². The fraction of sp³-hybridized carbons (Fsp3) is 0.600. The van der Waals surface area contributed by atoms with E-state index in [0.29, 0.717) is 11.5 Å². The first-order valence-electron chi connectivity index (χ1n) is 6.84. The average molecular weight is 253 g/mol. The molecular weight excluding hydrogens is 232 g/mol. The lowest BCUT2D eigenvalue weighted by Gasteiger charge is -2.35. The standard InChI is InChI=1S/C15H21F2N/c1-2-10-6-3-4-7-11(10)15(18)12-8-5-9-13(16)14(12)17/h5,8-11,15H,2-4,6-7,18H2,1H3. The Bertz CT molecular complexity index is 405. The van der Waals surface area contributed by atoms with E-state index in [2.05, 4.69) is 6.92 Å². The molecule has 0 bridgehead atoms. The van der Waals surface area contributed by atoms with Crippen molar-refractivity contribution < 1.29 is 8.78 Å². The molecule has 1 aliphatic carbocycles. The fourth-order valence-corrected chi connectivity index (χ4v) is 3.22. The monoisotopic (exact) mass is 253 g/mol. The van der Waals surface area contributed by atoms with Gasteiger partial charge in [-0.25, -0.2) is 8.78 Å². The maximum atomic E-state index is 13.8. The maximum absolute atomic E-state index is 13.8. The molecule has 3 atom stereocenters. The van der Waals surface area contributed by atoms with Gasteiger partial charge in [-0.3, -0.25) is 0 Å². The van der Waals surface area contributed by atoms with Crippen molar-refractivity contribution in [2.75, 3.05) is 0 Å². The zero-order valence-corrected chi connectivity index (χ0v) is 10.8. The second kappa shape index (κ2) is 5.79. The first-order valence-corrected chi connectivity index (χ1v) is 6.84. The van der Waals surface area contributed by atoms with Crippen molar-refractivity contribution in [1.29, 1.82) is 0 Å². The van der Waals surface area contributed by atoms with E-state index in [4.69, 9.17) is 5.73 Å². The first kappa shape index (κ1) is 13.5. The number of benzene rings is 1. The number of nitrogens with two attached hydrogens (primary N) is 1. The minimum absolute atomic E-state index is 0.278. The molecule has 0 amide bonds. The molecule has 0 saturated heterocycles. The normalized spacial score (nSPS) is 26.0. The predicted molar refractivity (Wildman–Crippen MR) is 69.0 cm³/mol. The number of rotatable bonds is 3. The summed E-state index contributed by atoms with van der Waals surface area (Å²) in [5, 5.41) is 0. The zero-order valence-electron chi connectivity index (χ0n) is 10.8. The van der Waals surface area contributed by atoms with E-state index in [1.54, 1.807) is 6.07 Å². The van der Waals surface area contributed by atoms with Crippen molar-refractivity contribution in [3.05, 3.63) is 35.4 Å². The van der Waals surface area contributed by atoms with Crippen molar-refractivity contribution in [2.24, 2.45) is 17.6 Å². The Labute approximate surface area is 107 Å². The van der Waals surface area contributed by atoms with Crippen molar-refractivity contribution in [1.82, 2.24) is 0 Å². The summed E-state index contributed by atoms with van der Waals surface area (Å²) in [6.45, 7) is 2.15. The summed E-state index contributed by atoms with van der Waals surface area (Å²) in [4.78, 5) is 0. The fourth-order valence-electron chi connectivity index (χ4n) is 3.22. The third-order valence-electron chi connectivity index (χ3n) is 4.29. The van der Waals surface area contributed by atoms with Gasteiger partial charge >= 0.3 is 0 Å². The Balaban J connectivity index is 2.23. The van der Waals surface area contributed by atoms with Crippen molar-refractivity contribution in [2.45, 2.75) is 45.1 Å². The third-order valence-corrected chi connectivity index (χ3v) is 4.29. The molecule has 2 rings (SSSR count). The first-order chi connectivity index (χ1) is 8.65. The van der Waals surface area contributed by atoms with Gasteiger partial charge in [0.15, 0.2) is 11.6 Å². The highest BCUT2D eigenvalue weighted by molar-refractivity contribution is 5.23. The molecule has 1 saturated carbocycles. The van der Waals surface area contributed by atoms with Gasteiger partial charge in [-0.2, -0.15) is 0 Å². The molecule has 1 aromatic carbocycles. The van der Waals surface area contributed by atoms with Gasteiger partial charge in [0.2, 0.25) is 0 Å². The van der Waals surface area contributed by atoms with E-state index in [9.17, 15) is 8.78 Å². The highest BCUT2D eigenvalue weighted by atomic mass is 19.2. The molecule has 18 heavy (non-hydrogen) atoms. The number of hydrogen-bond acceptors (Lipinski definition) is 1. The second-order valence-corrected chi connectivity index (χ2v) is 5.29. The molecule has 0 aliphatic heterocycles. The quantitative estimate of drug-likeness (QED) is 0.859. The smallest absolute Gasteiger partial charge is 0.163 e. The number of hydrogen-bond donors (Lipinski definition) is 1. The van der Waals surface area contributed by atoms with Crippen LogP contribution in [0.3, 0.4) is 0 Å². The Kier molecular flexibility index (Phi) is 4.33. The largest absolute Gasteiger partial charge is 0.324 e. The van der Waals surface area contributed by atoms with Crippen LogP contribution in [0.25, 0.3) is 0 Å². The molecule has 1 nitrogen and oxygen atoms in total. The van der Waals surface area contributed by atoms with Gasteiger partial charge < -0.3 is 5.73 Å². The van der Waals surface area contributed by atoms with E-state index in [1.807, 2.05) is 0 Å². The summed E-state index contributed by atoms with van der Waals surface area (Å²) in [6, 6.07) is 3.91. The summed E-state index contributed by atoms with van der Waals surface area (Å²) >= 11 is 0. The summed E-state index contributed by atoms with van der Waals surface area (Å²) < 4.78 is 27.0. The van der Waals surface area contributed by atoms with Crippen LogP contribution >= 0.6 is 0 Å². The molecule has 1 aromatic rings. The van der Waals surface area contributed by atoms with E-state index < -0.39 is 11.6 Å². The molecule has 100 valence electrons. The van der Waals surface area contributed by atoms with E-state index in [1.165, 1.54) is 12.5 Å². The van der Waals surface area contributed by atoms with Gasteiger partial charge in [0.25, 0.3) is 0 Å². The summed E-state index contributed by atoms with van der Waals surface area (Å²) in [7, 11) is 0. The molecule has 0 heterocycles. The molecule has 1 fully saturated rings. The van der Waals surface area contributed by atoms with Crippen LogP contribution in [-0.2, 0) is 0 Å². The molecule has 2 N–H and O–H groups in total. The van der Waals surface area contributed by atoms with Crippen molar-refractivity contribution >= 4 is 0 Å². The van der Waals surface area contributed by atoms with Crippen LogP contribution in [0, 0.1) is 23.5 Å². The van der Waals surface area contributed by atoms with Gasteiger partial charge in [-0.1, -0.05) is 44.7 Å². The van der Waals surface area contributed by atoms with Gasteiger partial charge in [-0.15, -0.1) is 0 Å². The minimum atomic E-state index is -0.799. The molecular formula is C15H21F2N. The van der Waals surface area contributed by atoms with Crippen molar-refractivity contribution in [3.63, 3.8) is 0 Å². The predicted octanol–water partition coefficient (Wildman–Crippen LogP) is 4.18. The van der Waals surface area contributed by atoms with Crippen molar-refractivity contribution in [3.8, 4) is 0 Å². The minimum Gasteiger partial charge on any atom is -0.324 e. The van der Waals surface area contributed by atoms with Gasteiger partial charge in [0.05, 0.1) is 0 Å². The summed E-state index contributed by atoms with van der Waals surface area (Å²) in [5.74, 6) is -0.756. The van der Waals surface area contributed by atoms with Crippen LogP contribution < -0.4 is 5.73 Å². The van der Waals surface area contributed by atoms with E-state index >= 15 is 0 Å². The van der Waals surface area contributed by atoms with Crippen LogP contribution in [0.5, 0.6) is 0 Å². The lowest BCUT2D eigenvalue weighted by atomic mass is 9.72. The Hall–Kier alpha value is -0.960. The Morgan fingerprint density at radius 1 is 1.28 bits per heavy atom. The Morgan fingerprint density at radius 2 is 2.00 bits per heavy atom.